The molecule has 0 saturated heterocycles. The highest BCUT2D eigenvalue weighted by atomic mass is 16.5. The number of carbonyl (C=O) groups is 2. The van der Waals surface area contributed by atoms with Crippen LogP contribution in [0.1, 0.15) is 241 Å². The van der Waals surface area contributed by atoms with Crippen molar-refractivity contribution in [2.24, 2.45) is 29.6 Å². The molecule has 3 atom stereocenters. The minimum atomic E-state index is -0.000171. The van der Waals surface area contributed by atoms with E-state index in [0.717, 1.165) is 81.6 Å². The van der Waals surface area contributed by atoms with Crippen molar-refractivity contribution in [2.75, 3.05) is 20.2 Å². The summed E-state index contributed by atoms with van der Waals surface area (Å²) in [7, 11) is 2.04. The summed E-state index contributed by atoms with van der Waals surface area (Å²) in [5.41, 5.74) is 1.45. The summed E-state index contributed by atoms with van der Waals surface area (Å²) in [4.78, 5) is 24.5. The van der Waals surface area contributed by atoms with Crippen molar-refractivity contribution in [2.45, 2.75) is 241 Å². The Morgan fingerprint density at radius 3 is 1.47 bits per heavy atom. The largest absolute Gasteiger partial charge is 0.466 e. The number of esters is 1. The SMILES string of the molecule is C=C(CCCNC)CC(CCCCCCCCCC(=O)CCCC(C)CCCC(C)C)CCCCCCCCCC(=O)OCCC(C)CCCC(C)C. The van der Waals surface area contributed by atoms with Crippen molar-refractivity contribution in [3.63, 3.8) is 0 Å². The van der Waals surface area contributed by atoms with E-state index in [0.29, 0.717) is 24.7 Å². The molecule has 0 aliphatic heterocycles. The second-order valence-corrected chi connectivity index (χ2v) is 18.4. The van der Waals surface area contributed by atoms with Crippen molar-refractivity contribution in [3.8, 4) is 0 Å². The quantitative estimate of drug-likeness (QED) is 0.0385. The van der Waals surface area contributed by atoms with Crippen LogP contribution < -0.4 is 5.32 Å². The second-order valence-electron chi connectivity index (χ2n) is 18.4. The Balaban J connectivity index is 4.00. The standard InChI is InChI=1S/C49H95NO3/c1-42(2)27-23-29-44(5)31-25-36-48(51)35-21-17-13-9-11-15-19-33-47(41-46(7)32-26-39-50-8)34-20-16-12-10-14-18-22-37-49(52)53-40-38-45(6)30-24-28-43(3)4/h42-45,47,50H,7,9-41H2,1-6,8H3. The molecule has 53 heavy (non-hydrogen) atoms. The summed E-state index contributed by atoms with van der Waals surface area (Å²) >= 11 is 0. The maximum Gasteiger partial charge on any atom is 0.305 e. The number of carbonyl (C=O) groups excluding carboxylic acids is 2. The molecule has 0 radical (unpaired) electrons. The van der Waals surface area contributed by atoms with Gasteiger partial charge in [-0.3, -0.25) is 9.59 Å². The lowest BCUT2D eigenvalue weighted by Gasteiger charge is -2.18. The fourth-order valence-corrected chi connectivity index (χ4v) is 7.86. The van der Waals surface area contributed by atoms with Crippen LogP contribution in [-0.4, -0.2) is 32.0 Å². The lowest BCUT2D eigenvalue weighted by Crippen LogP contribution is -2.08. The van der Waals surface area contributed by atoms with Gasteiger partial charge in [0.25, 0.3) is 0 Å². The molecule has 0 saturated carbocycles. The highest BCUT2D eigenvalue weighted by molar-refractivity contribution is 5.78. The van der Waals surface area contributed by atoms with Crippen LogP contribution in [0.15, 0.2) is 12.2 Å². The van der Waals surface area contributed by atoms with E-state index >= 15 is 0 Å². The van der Waals surface area contributed by atoms with Crippen LogP contribution in [0.3, 0.4) is 0 Å². The van der Waals surface area contributed by atoms with E-state index in [4.69, 9.17) is 4.74 Å². The molecule has 0 aliphatic rings. The van der Waals surface area contributed by atoms with E-state index in [9.17, 15) is 9.59 Å². The first-order valence-electron chi connectivity index (χ1n) is 23.5. The molecular formula is C49H95NO3. The molecule has 0 spiro atoms. The van der Waals surface area contributed by atoms with Crippen LogP contribution in [-0.2, 0) is 14.3 Å². The number of rotatable bonds is 41. The van der Waals surface area contributed by atoms with Gasteiger partial charge in [-0.1, -0.05) is 189 Å². The van der Waals surface area contributed by atoms with Crippen molar-refractivity contribution >= 4 is 11.8 Å². The topological polar surface area (TPSA) is 55.4 Å². The number of allylic oxidation sites excluding steroid dienone is 1. The Morgan fingerprint density at radius 2 is 0.943 bits per heavy atom. The third-order valence-electron chi connectivity index (χ3n) is 11.6. The average Bonchev–Trinajstić information content (AvgIpc) is 3.09. The van der Waals surface area contributed by atoms with E-state index in [2.05, 4.69) is 53.4 Å². The molecule has 0 fully saturated rings. The molecule has 0 aromatic rings. The van der Waals surface area contributed by atoms with Crippen LogP contribution in [0.2, 0.25) is 0 Å². The van der Waals surface area contributed by atoms with E-state index in [-0.39, 0.29) is 5.97 Å². The minimum Gasteiger partial charge on any atom is -0.466 e. The smallest absolute Gasteiger partial charge is 0.305 e. The second kappa shape index (κ2) is 37.7. The van der Waals surface area contributed by atoms with E-state index < -0.39 is 0 Å². The Hall–Kier alpha value is -1.16. The predicted octanol–water partition coefficient (Wildman–Crippen LogP) is 15.2. The number of unbranched alkanes of at least 4 members (excludes halogenated alkanes) is 12. The first-order chi connectivity index (χ1) is 25.5. The van der Waals surface area contributed by atoms with Crippen LogP contribution >= 0.6 is 0 Å². The molecule has 0 bridgehead atoms. The zero-order chi connectivity index (χ0) is 39.4. The summed E-state index contributed by atoms with van der Waals surface area (Å²) in [6.45, 7) is 20.0. The lowest BCUT2D eigenvalue weighted by molar-refractivity contribution is -0.144. The molecule has 4 nitrogen and oxygen atoms in total. The molecular weight excluding hydrogens is 651 g/mol. The number of hydrogen-bond acceptors (Lipinski definition) is 4. The van der Waals surface area contributed by atoms with Crippen molar-refractivity contribution in [1.29, 1.82) is 0 Å². The first-order valence-corrected chi connectivity index (χ1v) is 23.5. The molecule has 1 N–H and O–H groups in total. The van der Waals surface area contributed by atoms with Crippen LogP contribution in [0, 0.1) is 29.6 Å². The van der Waals surface area contributed by atoms with Crippen molar-refractivity contribution in [1.82, 2.24) is 5.32 Å². The summed E-state index contributed by atoms with van der Waals surface area (Å²) in [6.07, 6.45) is 37.2. The number of ether oxygens (including phenoxy) is 1. The van der Waals surface area contributed by atoms with E-state index in [1.807, 2.05) is 7.05 Å². The number of Topliss-reactive ketones (excluding diaryl/α,β-unsaturated/α-hetero) is 1. The fourth-order valence-electron chi connectivity index (χ4n) is 7.86. The molecule has 314 valence electrons. The van der Waals surface area contributed by atoms with E-state index in [1.165, 1.54) is 147 Å². The van der Waals surface area contributed by atoms with Crippen molar-refractivity contribution in [3.05, 3.63) is 12.2 Å². The summed E-state index contributed by atoms with van der Waals surface area (Å²) in [6, 6.07) is 0. The zero-order valence-electron chi connectivity index (χ0n) is 37.2. The number of nitrogens with one attached hydrogen (secondary N) is 1. The van der Waals surface area contributed by atoms with Gasteiger partial charge in [0.2, 0.25) is 0 Å². The Morgan fingerprint density at radius 1 is 0.491 bits per heavy atom. The van der Waals surface area contributed by atoms with Gasteiger partial charge in [0, 0.05) is 19.3 Å². The van der Waals surface area contributed by atoms with Gasteiger partial charge in [0.05, 0.1) is 6.61 Å². The molecule has 0 aliphatic carbocycles. The Kier molecular flexibility index (Phi) is 36.9. The van der Waals surface area contributed by atoms with Gasteiger partial charge < -0.3 is 10.1 Å². The molecule has 0 aromatic carbocycles. The number of ketones is 1. The monoisotopic (exact) mass is 746 g/mol. The molecule has 3 unspecified atom stereocenters. The third-order valence-corrected chi connectivity index (χ3v) is 11.6. The van der Waals surface area contributed by atoms with Gasteiger partial charge in [-0.05, 0) is 88.1 Å². The summed E-state index contributed by atoms with van der Waals surface area (Å²) in [5, 5.41) is 3.28. The zero-order valence-corrected chi connectivity index (χ0v) is 37.2. The average molecular weight is 746 g/mol. The van der Waals surface area contributed by atoms with Gasteiger partial charge in [0.15, 0.2) is 0 Å². The van der Waals surface area contributed by atoms with Gasteiger partial charge in [-0.2, -0.15) is 0 Å². The van der Waals surface area contributed by atoms with Gasteiger partial charge in [-0.15, -0.1) is 0 Å². The summed E-state index contributed by atoms with van der Waals surface area (Å²) < 4.78 is 5.51. The Labute approximate surface area is 333 Å². The number of hydrogen-bond donors (Lipinski definition) is 1. The maximum atomic E-state index is 12.3. The molecule has 4 heteroatoms. The molecule has 0 aromatic heterocycles. The summed E-state index contributed by atoms with van der Waals surface area (Å²) in [5.74, 6) is 4.29. The third kappa shape index (κ3) is 38.9. The minimum absolute atomic E-state index is 0.000171. The Bertz CT molecular complexity index is 780. The van der Waals surface area contributed by atoms with Crippen LogP contribution in [0.4, 0.5) is 0 Å². The van der Waals surface area contributed by atoms with E-state index in [1.54, 1.807) is 0 Å². The normalized spacial score (nSPS) is 13.5. The highest BCUT2D eigenvalue weighted by Crippen LogP contribution is 2.27. The predicted molar refractivity (Wildman–Crippen MR) is 234 cm³/mol. The first kappa shape index (κ1) is 51.8. The van der Waals surface area contributed by atoms with Crippen LogP contribution in [0.5, 0.6) is 0 Å². The highest BCUT2D eigenvalue weighted by Gasteiger charge is 2.12. The van der Waals surface area contributed by atoms with Gasteiger partial charge in [-0.25, -0.2) is 0 Å². The van der Waals surface area contributed by atoms with Gasteiger partial charge >= 0.3 is 5.97 Å². The van der Waals surface area contributed by atoms with Gasteiger partial charge in [0.1, 0.15) is 5.78 Å². The molecule has 0 heterocycles. The van der Waals surface area contributed by atoms with Crippen molar-refractivity contribution < 1.29 is 14.3 Å². The molecule has 0 amide bonds. The lowest BCUT2D eigenvalue weighted by atomic mass is 9.88. The maximum absolute atomic E-state index is 12.3. The fraction of sp³-hybridized carbons (Fsp3) is 0.918. The van der Waals surface area contributed by atoms with Crippen LogP contribution in [0.25, 0.3) is 0 Å². The molecule has 0 rings (SSSR count).